The second-order valence-electron chi connectivity index (χ2n) is 7.00. The molecule has 146 valence electrons. The lowest BCUT2D eigenvalue weighted by Gasteiger charge is -2.14. The van der Waals surface area contributed by atoms with Gasteiger partial charge >= 0.3 is 0 Å². The standard InChI is InChI=1S/C20H28N4O3/c1-3-11-24-12-10-15(14-24)13-21-18(25)8-9-19-22-20(23-27-19)16-4-6-17(26-2)7-5-16/h4-7,15H,3,8-14H2,1-2H3,(H,21,25)/t15-/m0/s1. The monoisotopic (exact) mass is 372 g/mol. The van der Waals surface area contributed by atoms with Crippen molar-refractivity contribution in [2.24, 2.45) is 5.92 Å². The third kappa shape index (κ3) is 5.53. The largest absolute Gasteiger partial charge is 0.497 e. The molecule has 1 fully saturated rings. The molecule has 1 saturated heterocycles. The average Bonchev–Trinajstić information content (AvgIpc) is 3.35. The molecule has 7 nitrogen and oxygen atoms in total. The summed E-state index contributed by atoms with van der Waals surface area (Å²) in [6.07, 6.45) is 3.15. The average molecular weight is 372 g/mol. The predicted octanol–water partition coefficient (Wildman–Crippen LogP) is 2.53. The molecule has 0 saturated carbocycles. The number of hydrogen-bond donors (Lipinski definition) is 1. The summed E-state index contributed by atoms with van der Waals surface area (Å²) in [7, 11) is 1.63. The molecular weight excluding hydrogens is 344 g/mol. The van der Waals surface area contributed by atoms with Gasteiger partial charge in [0.05, 0.1) is 7.11 Å². The van der Waals surface area contributed by atoms with Crippen LogP contribution in [0, 0.1) is 5.92 Å². The molecule has 1 N–H and O–H groups in total. The zero-order valence-corrected chi connectivity index (χ0v) is 16.1. The maximum Gasteiger partial charge on any atom is 0.227 e. The summed E-state index contributed by atoms with van der Waals surface area (Å²) >= 11 is 0. The van der Waals surface area contributed by atoms with E-state index in [4.69, 9.17) is 9.26 Å². The van der Waals surface area contributed by atoms with Crippen LogP contribution in [0.25, 0.3) is 11.4 Å². The fourth-order valence-electron chi connectivity index (χ4n) is 3.38. The van der Waals surface area contributed by atoms with E-state index in [0.717, 1.165) is 43.9 Å². The van der Waals surface area contributed by atoms with Crippen molar-refractivity contribution in [3.05, 3.63) is 30.2 Å². The van der Waals surface area contributed by atoms with Crippen molar-refractivity contribution in [2.75, 3.05) is 33.3 Å². The van der Waals surface area contributed by atoms with Crippen molar-refractivity contribution >= 4 is 5.91 Å². The molecule has 2 aromatic rings. The van der Waals surface area contributed by atoms with E-state index in [2.05, 4.69) is 27.3 Å². The fraction of sp³-hybridized carbons (Fsp3) is 0.550. The molecule has 1 aromatic heterocycles. The number of nitrogens with zero attached hydrogens (tertiary/aromatic N) is 3. The first-order valence-electron chi connectivity index (χ1n) is 9.64. The third-order valence-corrected chi connectivity index (χ3v) is 4.88. The number of carbonyl (C=O) groups excluding carboxylic acids is 1. The molecule has 1 aromatic carbocycles. The van der Waals surface area contributed by atoms with E-state index >= 15 is 0 Å². The van der Waals surface area contributed by atoms with E-state index in [-0.39, 0.29) is 5.91 Å². The Kier molecular flexibility index (Phi) is 6.81. The van der Waals surface area contributed by atoms with Crippen LogP contribution in [0.2, 0.25) is 0 Å². The summed E-state index contributed by atoms with van der Waals surface area (Å²) in [5, 5.41) is 7.03. The number of methoxy groups -OCH3 is 1. The number of nitrogens with one attached hydrogen (secondary N) is 1. The van der Waals surface area contributed by atoms with Crippen LogP contribution >= 0.6 is 0 Å². The Morgan fingerprint density at radius 3 is 2.93 bits per heavy atom. The first kappa shape index (κ1) is 19.4. The minimum atomic E-state index is 0.0353. The van der Waals surface area contributed by atoms with Crippen molar-refractivity contribution in [3.8, 4) is 17.1 Å². The molecule has 3 rings (SSSR count). The van der Waals surface area contributed by atoms with Crippen molar-refractivity contribution in [2.45, 2.75) is 32.6 Å². The number of carbonyl (C=O) groups is 1. The highest BCUT2D eigenvalue weighted by Crippen LogP contribution is 2.20. The molecule has 0 spiro atoms. The van der Waals surface area contributed by atoms with E-state index in [1.165, 1.54) is 6.42 Å². The molecule has 1 aliphatic heterocycles. The number of aromatic nitrogens is 2. The fourth-order valence-corrected chi connectivity index (χ4v) is 3.38. The number of rotatable bonds is 9. The van der Waals surface area contributed by atoms with Crippen LogP contribution in [0.5, 0.6) is 5.75 Å². The predicted molar refractivity (Wildman–Crippen MR) is 102 cm³/mol. The topological polar surface area (TPSA) is 80.5 Å². The normalized spacial score (nSPS) is 17.2. The van der Waals surface area contributed by atoms with E-state index in [1.54, 1.807) is 7.11 Å². The molecule has 0 unspecified atom stereocenters. The first-order valence-corrected chi connectivity index (χ1v) is 9.64. The summed E-state index contributed by atoms with van der Waals surface area (Å²) in [5.74, 6) is 2.37. The minimum Gasteiger partial charge on any atom is -0.497 e. The highest BCUT2D eigenvalue weighted by atomic mass is 16.5. The molecule has 27 heavy (non-hydrogen) atoms. The van der Waals surface area contributed by atoms with Crippen molar-refractivity contribution in [3.63, 3.8) is 0 Å². The molecule has 1 aliphatic rings. The van der Waals surface area contributed by atoms with E-state index in [9.17, 15) is 4.79 Å². The lowest BCUT2D eigenvalue weighted by Crippen LogP contribution is -2.31. The van der Waals surface area contributed by atoms with Crippen LogP contribution in [0.1, 0.15) is 32.1 Å². The summed E-state index contributed by atoms with van der Waals surface area (Å²) in [4.78, 5) is 18.9. The Hall–Kier alpha value is -2.41. The number of amides is 1. The number of likely N-dealkylation sites (tertiary alicyclic amines) is 1. The Morgan fingerprint density at radius 1 is 1.37 bits per heavy atom. The molecule has 2 heterocycles. The number of ether oxygens (including phenoxy) is 1. The van der Waals surface area contributed by atoms with Gasteiger partial charge in [0.1, 0.15) is 5.75 Å². The molecule has 0 radical (unpaired) electrons. The molecule has 7 heteroatoms. The highest BCUT2D eigenvalue weighted by Gasteiger charge is 2.22. The van der Waals surface area contributed by atoms with Gasteiger partial charge in [0.15, 0.2) is 0 Å². The van der Waals surface area contributed by atoms with Crippen LogP contribution < -0.4 is 10.1 Å². The third-order valence-electron chi connectivity index (χ3n) is 4.88. The minimum absolute atomic E-state index is 0.0353. The van der Waals surface area contributed by atoms with Gasteiger partial charge in [-0.1, -0.05) is 12.1 Å². The van der Waals surface area contributed by atoms with Gasteiger partial charge in [-0.3, -0.25) is 4.79 Å². The summed E-state index contributed by atoms with van der Waals surface area (Å²) in [6, 6.07) is 7.46. The quantitative estimate of drug-likeness (QED) is 0.729. The zero-order valence-electron chi connectivity index (χ0n) is 16.1. The van der Waals surface area contributed by atoms with Crippen LogP contribution in [-0.4, -0.2) is 54.2 Å². The Bertz CT molecular complexity index is 729. The Morgan fingerprint density at radius 2 is 2.19 bits per heavy atom. The van der Waals surface area contributed by atoms with Gasteiger partial charge in [-0.15, -0.1) is 0 Å². The second-order valence-corrected chi connectivity index (χ2v) is 7.00. The van der Waals surface area contributed by atoms with Gasteiger partial charge in [0.25, 0.3) is 0 Å². The number of hydrogen-bond acceptors (Lipinski definition) is 6. The number of benzene rings is 1. The molecule has 0 aliphatic carbocycles. The van der Waals surface area contributed by atoms with Crippen LogP contribution in [-0.2, 0) is 11.2 Å². The maximum atomic E-state index is 12.1. The molecule has 0 bridgehead atoms. The maximum absolute atomic E-state index is 12.1. The van der Waals surface area contributed by atoms with Gasteiger partial charge in [-0.25, -0.2) is 0 Å². The Balaban J connectivity index is 1.41. The summed E-state index contributed by atoms with van der Waals surface area (Å²) in [5.41, 5.74) is 0.855. The van der Waals surface area contributed by atoms with Crippen molar-refractivity contribution in [1.29, 1.82) is 0 Å². The summed E-state index contributed by atoms with van der Waals surface area (Å²) < 4.78 is 10.4. The molecule has 1 amide bonds. The van der Waals surface area contributed by atoms with Gasteiger partial charge in [-0.2, -0.15) is 4.98 Å². The summed E-state index contributed by atoms with van der Waals surface area (Å²) in [6.45, 7) is 6.33. The molecular formula is C20H28N4O3. The smallest absolute Gasteiger partial charge is 0.227 e. The zero-order chi connectivity index (χ0) is 19.1. The van der Waals surface area contributed by atoms with Crippen LogP contribution in [0.3, 0.4) is 0 Å². The molecule has 1 atom stereocenters. The van der Waals surface area contributed by atoms with Crippen LogP contribution in [0.15, 0.2) is 28.8 Å². The van der Waals surface area contributed by atoms with Crippen LogP contribution in [0.4, 0.5) is 0 Å². The Labute approximate surface area is 160 Å². The van der Waals surface area contributed by atoms with Gasteiger partial charge in [0, 0.05) is 31.5 Å². The lowest BCUT2D eigenvalue weighted by molar-refractivity contribution is -0.121. The van der Waals surface area contributed by atoms with Crippen molar-refractivity contribution in [1.82, 2.24) is 20.4 Å². The lowest BCUT2D eigenvalue weighted by atomic mass is 10.1. The second kappa shape index (κ2) is 9.50. The SMILES string of the molecule is CCCN1CC[C@@H](CNC(=O)CCc2nc(-c3ccc(OC)cc3)no2)C1. The van der Waals surface area contributed by atoms with Gasteiger partial charge < -0.3 is 19.5 Å². The van der Waals surface area contributed by atoms with Gasteiger partial charge in [0.2, 0.25) is 17.6 Å². The highest BCUT2D eigenvalue weighted by molar-refractivity contribution is 5.76. The first-order chi connectivity index (χ1) is 13.2. The van der Waals surface area contributed by atoms with E-state index < -0.39 is 0 Å². The van der Waals surface area contributed by atoms with E-state index in [1.807, 2.05) is 24.3 Å². The number of aryl methyl sites for hydroxylation is 1. The van der Waals surface area contributed by atoms with E-state index in [0.29, 0.717) is 30.5 Å². The van der Waals surface area contributed by atoms with Gasteiger partial charge in [-0.05, 0) is 56.1 Å². The van der Waals surface area contributed by atoms with Crippen molar-refractivity contribution < 1.29 is 14.1 Å².